The van der Waals surface area contributed by atoms with Crippen molar-refractivity contribution in [2.75, 3.05) is 0 Å². The highest BCUT2D eigenvalue weighted by molar-refractivity contribution is 5.93. The number of benzene rings is 2. The van der Waals surface area contributed by atoms with Crippen LogP contribution in [0.1, 0.15) is 27.6 Å². The summed E-state index contributed by atoms with van der Waals surface area (Å²) < 4.78 is 9.68. The fourth-order valence-electron chi connectivity index (χ4n) is 1.77. The summed E-state index contributed by atoms with van der Waals surface area (Å²) in [5.74, 6) is -4.25. The monoisotopic (exact) mass is 332 g/mol. The molecule has 8 nitrogen and oxygen atoms in total. The third kappa shape index (κ3) is 3.80. The van der Waals surface area contributed by atoms with Crippen LogP contribution in [0.25, 0.3) is 0 Å². The number of esters is 2. The highest BCUT2D eigenvalue weighted by atomic mass is 16.5. The van der Waals surface area contributed by atoms with Gasteiger partial charge in [0.1, 0.15) is 0 Å². The Morgan fingerprint density at radius 3 is 1.88 bits per heavy atom. The number of hydrogen-bond donors (Lipinski definition) is 3. The molecule has 2 aromatic carbocycles. The van der Waals surface area contributed by atoms with Crippen LogP contribution in [0.4, 0.5) is 0 Å². The molecule has 0 radical (unpaired) electrons. The molecule has 0 aliphatic carbocycles. The minimum atomic E-state index is -1.26. The first-order valence-corrected chi connectivity index (χ1v) is 6.58. The number of aromatic hydroxyl groups is 2. The summed E-state index contributed by atoms with van der Waals surface area (Å²) in [6, 6.07) is 6.63. The lowest BCUT2D eigenvalue weighted by atomic mass is 10.2. The van der Waals surface area contributed by atoms with Gasteiger partial charge in [-0.1, -0.05) is 0 Å². The van der Waals surface area contributed by atoms with Gasteiger partial charge in [-0.3, -0.25) is 4.79 Å². The van der Waals surface area contributed by atoms with Crippen molar-refractivity contribution in [1.29, 1.82) is 0 Å². The van der Waals surface area contributed by atoms with Crippen molar-refractivity contribution in [1.82, 2.24) is 0 Å². The average Bonchev–Trinajstić information content (AvgIpc) is 2.50. The van der Waals surface area contributed by atoms with E-state index in [1.807, 2.05) is 0 Å². The highest BCUT2D eigenvalue weighted by Gasteiger charge is 2.16. The number of phenols is 2. The standard InChI is InChI=1S/C16H12O8/c1-8(17)23-13-7-10(3-5-11(13)18)16(22)24-14-6-9(15(20)21)2-4-12(14)19/h2-7,18-19H,1H3,(H,20,21). The molecular formula is C16H12O8. The minimum Gasteiger partial charge on any atom is -0.504 e. The Morgan fingerprint density at radius 1 is 0.833 bits per heavy atom. The van der Waals surface area contributed by atoms with E-state index in [2.05, 4.69) is 0 Å². The SMILES string of the molecule is CC(=O)Oc1cc(C(=O)Oc2cc(C(=O)O)ccc2O)ccc1O. The first-order chi connectivity index (χ1) is 11.3. The Hall–Kier alpha value is -3.55. The van der Waals surface area contributed by atoms with Gasteiger partial charge >= 0.3 is 17.9 Å². The van der Waals surface area contributed by atoms with Crippen LogP contribution in [0, 0.1) is 0 Å². The van der Waals surface area contributed by atoms with Crippen LogP contribution in [-0.2, 0) is 4.79 Å². The molecule has 3 N–H and O–H groups in total. The average molecular weight is 332 g/mol. The fraction of sp³-hybridized carbons (Fsp3) is 0.0625. The minimum absolute atomic E-state index is 0.0795. The van der Waals surface area contributed by atoms with Crippen LogP contribution in [-0.4, -0.2) is 33.2 Å². The summed E-state index contributed by atoms with van der Waals surface area (Å²) in [6.07, 6.45) is 0. The molecule has 124 valence electrons. The first kappa shape index (κ1) is 16.8. The Morgan fingerprint density at radius 2 is 1.33 bits per heavy atom. The second-order valence-corrected chi connectivity index (χ2v) is 4.65. The van der Waals surface area contributed by atoms with Crippen molar-refractivity contribution in [3.63, 3.8) is 0 Å². The summed E-state index contributed by atoms with van der Waals surface area (Å²) in [4.78, 5) is 33.9. The summed E-state index contributed by atoms with van der Waals surface area (Å²) in [6.45, 7) is 1.12. The zero-order chi connectivity index (χ0) is 17.9. The lowest BCUT2D eigenvalue weighted by Gasteiger charge is -2.09. The molecule has 0 aliphatic heterocycles. The van der Waals surface area contributed by atoms with Crippen molar-refractivity contribution >= 4 is 17.9 Å². The number of carbonyl (C=O) groups is 3. The topological polar surface area (TPSA) is 130 Å². The summed E-state index contributed by atoms with van der Waals surface area (Å²) in [7, 11) is 0. The van der Waals surface area contributed by atoms with Crippen LogP contribution < -0.4 is 9.47 Å². The maximum absolute atomic E-state index is 12.1. The van der Waals surface area contributed by atoms with Gasteiger partial charge in [0.2, 0.25) is 0 Å². The highest BCUT2D eigenvalue weighted by Crippen LogP contribution is 2.30. The number of phenolic OH excluding ortho intramolecular Hbond substituents is 2. The summed E-state index contributed by atoms with van der Waals surface area (Å²) in [5.41, 5.74) is -0.258. The summed E-state index contributed by atoms with van der Waals surface area (Å²) in [5, 5.41) is 28.1. The quantitative estimate of drug-likeness (QED) is 0.572. The molecule has 0 saturated heterocycles. The van der Waals surface area contributed by atoms with E-state index in [1.54, 1.807) is 0 Å². The molecule has 0 heterocycles. The Balaban J connectivity index is 2.29. The molecule has 0 saturated carbocycles. The molecule has 2 aromatic rings. The van der Waals surface area contributed by atoms with E-state index in [9.17, 15) is 24.6 Å². The Bertz CT molecular complexity index is 825. The lowest BCUT2D eigenvalue weighted by Crippen LogP contribution is -2.10. The molecule has 0 fully saturated rings. The lowest BCUT2D eigenvalue weighted by molar-refractivity contribution is -0.132. The fourth-order valence-corrected chi connectivity index (χ4v) is 1.77. The third-order valence-corrected chi connectivity index (χ3v) is 2.86. The largest absolute Gasteiger partial charge is 0.504 e. The number of ether oxygens (including phenoxy) is 2. The van der Waals surface area contributed by atoms with Crippen LogP contribution in [0.3, 0.4) is 0 Å². The van der Waals surface area contributed by atoms with Gasteiger partial charge in [-0.2, -0.15) is 0 Å². The van der Waals surface area contributed by atoms with Crippen molar-refractivity contribution in [3.05, 3.63) is 47.5 Å². The molecule has 0 atom stereocenters. The van der Waals surface area contributed by atoms with Crippen LogP contribution in [0.5, 0.6) is 23.0 Å². The van der Waals surface area contributed by atoms with Gasteiger partial charge in [-0.05, 0) is 36.4 Å². The van der Waals surface area contributed by atoms with E-state index in [-0.39, 0.29) is 28.4 Å². The van der Waals surface area contributed by atoms with Crippen molar-refractivity contribution < 1.29 is 39.2 Å². The maximum Gasteiger partial charge on any atom is 0.343 e. The summed E-state index contributed by atoms with van der Waals surface area (Å²) >= 11 is 0. The second-order valence-electron chi connectivity index (χ2n) is 4.65. The molecule has 0 bridgehead atoms. The van der Waals surface area contributed by atoms with Crippen LogP contribution in [0.15, 0.2) is 36.4 Å². The number of rotatable bonds is 4. The van der Waals surface area contributed by atoms with Crippen molar-refractivity contribution in [2.24, 2.45) is 0 Å². The van der Waals surface area contributed by atoms with Gasteiger partial charge in [-0.25, -0.2) is 9.59 Å². The predicted octanol–water partition coefficient (Wildman–Crippen LogP) is 1.94. The number of carbonyl (C=O) groups excluding carboxylic acids is 2. The van der Waals surface area contributed by atoms with Gasteiger partial charge < -0.3 is 24.8 Å². The zero-order valence-electron chi connectivity index (χ0n) is 12.3. The molecule has 0 spiro atoms. The molecule has 8 heteroatoms. The number of hydrogen-bond acceptors (Lipinski definition) is 7. The Labute approximate surface area is 135 Å². The van der Waals surface area contributed by atoms with Crippen LogP contribution in [0.2, 0.25) is 0 Å². The van der Waals surface area contributed by atoms with E-state index < -0.39 is 23.7 Å². The maximum atomic E-state index is 12.1. The zero-order valence-corrected chi connectivity index (χ0v) is 12.3. The number of carboxylic acid groups (broad SMARTS) is 1. The van der Waals surface area contributed by atoms with E-state index >= 15 is 0 Å². The van der Waals surface area contributed by atoms with Gasteiger partial charge in [0.15, 0.2) is 23.0 Å². The van der Waals surface area contributed by atoms with E-state index in [0.29, 0.717) is 0 Å². The molecule has 0 amide bonds. The van der Waals surface area contributed by atoms with Gasteiger partial charge in [0.05, 0.1) is 11.1 Å². The Kier molecular flexibility index (Phi) is 4.69. The molecule has 0 aromatic heterocycles. The molecule has 0 unspecified atom stereocenters. The molecule has 2 rings (SSSR count). The normalized spacial score (nSPS) is 10.0. The van der Waals surface area contributed by atoms with Crippen molar-refractivity contribution in [3.8, 4) is 23.0 Å². The van der Waals surface area contributed by atoms with Gasteiger partial charge in [0, 0.05) is 6.92 Å². The van der Waals surface area contributed by atoms with E-state index in [0.717, 1.165) is 37.3 Å². The number of carboxylic acids is 1. The molecular weight excluding hydrogens is 320 g/mol. The smallest absolute Gasteiger partial charge is 0.343 e. The third-order valence-electron chi connectivity index (χ3n) is 2.86. The van der Waals surface area contributed by atoms with Gasteiger partial charge in [0.25, 0.3) is 0 Å². The predicted molar refractivity (Wildman–Crippen MR) is 79.4 cm³/mol. The van der Waals surface area contributed by atoms with Crippen molar-refractivity contribution in [2.45, 2.75) is 6.92 Å². The molecule has 0 aliphatic rings. The second kappa shape index (κ2) is 6.69. The van der Waals surface area contributed by atoms with Crippen LogP contribution >= 0.6 is 0 Å². The molecule has 24 heavy (non-hydrogen) atoms. The van der Waals surface area contributed by atoms with E-state index in [4.69, 9.17) is 14.6 Å². The first-order valence-electron chi connectivity index (χ1n) is 6.58. The van der Waals surface area contributed by atoms with Gasteiger partial charge in [-0.15, -0.1) is 0 Å². The number of aromatic carboxylic acids is 1. The van der Waals surface area contributed by atoms with E-state index in [1.165, 1.54) is 6.07 Å².